The highest BCUT2D eigenvalue weighted by molar-refractivity contribution is 6.32. The Morgan fingerprint density at radius 1 is 1.25 bits per heavy atom. The van der Waals surface area contributed by atoms with E-state index < -0.39 is 11.4 Å². The highest BCUT2D eigenvalue weighted by Crippen LogP contribution is 2.43. The molecule has 2 aliphatic carbocycles. The van der Waals surface area contributed by atoms with Crippen LogP contribution in [0.4, 0.5) is 0 Å². The van der Waals surface area contributed by atoms with Crippen LogP contribution in [0.5, 0.6) is 5.75 Å². The largest absolute Gasteiger partial charge is 0.489 e. The Morgan fingerprint density at radius 3 is 2.45 bits per heavy atom. The Morgan fingerprint density at radius 2 is 1.95 bits per heavy atom. The van der Waals surface area contributed by atoms with E-state index in [2.05, 4.69) is 0 Å². The maximum absolute atomic E-state index is 11.7. The molecule has 0 spiro atoms. The van der Waals surface area contributed by atoms with Crippen LogP contribution in [-0.2, 0) is 10.2 Å². The second-order valence-electron chi connectivity index (χ2n) is 5.91. The third-order valence-corrected chi connectivity index (χ3v) is 4.99. The summed E-state index contributed by atoms with van der Waals surface area (Å²) in [6, 6.07) is 5.49. The molecule has 0 atom stereocenters. The van der Waals surface area contributed by atoms with Crippen LogP contribution in [0.1, 0.15) is 50.5 Å². The lowest BCUT2D eigenvalue weighted by molar-refractivity contribution is -0.143. The lowest BCUT2D eigenvalue weighted by atomic mass is 9.79. The first-order chi connectivity index (χ1) is 9.62. The van der Waals surface area contributed by atoms with Crippen molar-refractivity contribution in [3.8, 4) is 5.75 Å². The fourth-order valence-corrected chi connectivity index (χ4v) is 3.39. The van der Waals surface area contributed by atoms with Gasteiger partial charge in [0, 0.05) is 0 Å². The summed E-state index contributed by atoms with van der Waals surface area (Å²) in [5.41, 5.74) is 0.0620. The summed E-state index contributed by atoms with van der Waals surface area (Å²) in [5, 5.41) is 10.1. The second kappa shape index (κ2) is 5.28. The van der Waals surface area contributed by atoms with Crippen molar-refractivity contribution < 1.29 is 14.6 Å². The number of hydrogen-bond acceptors (Lipinski definition) is 2. The predicted molar refractivity (Wildman–Crippen MR) is 77.5 cm³/mol. The third-order valence-electron chi connectivity index (χ3n) is 4.70. The molecular weight excluding hydrogens is 276 g/mol. The van der Waals surface area contributed by atoms with Gasteiger partial charge >= 0.3 is 5.97 Å². The molecule has 4 heteroatoms. The van der Waals surface area contributed by atoms with Gasteiger partial charge in [0.15, 0.2) is 0 Å². The Bertz CT molecular complexity index is 516. The minimum absolute atomic E-state index is 0.276. The van der Waals surface area contributed by atoms with E-state index in [9.17, 15) is 9.90 Å². The van der Waals surface area contributed by atoms with E-state index in [0.717, 1.165) is 31.2 Å². The van der Waals surface area contributed by atoms with Crippen molar-refractivity contribution in [3.63, 3.8) is 0 Å². The van der Waals surface area contributed by atoms with Crippen molar-refractivity contribution in [2.45, 2.75) is 56.5 Å². The van der Waals surface area contributed by atoms with E-state index in [1.165, 1.54) is 6.42 Å². The SMILES string of the molecule is O=C(O)C1(c2ccc(OC3CCC3)c(Cl)c2)CCCC1. The zero-order valence-corrected chi connectivity index (χ0v) is 12.2. The fraction of sp³-hybridized carbons (Fsp3) is 0.562. The highest BCUT2D eigenvalue weighted by Gasteiger charge is 2.43. The molecule has 108 valence electrons. The number of carboxylic acids is 1. The quantitative estimate of drug-likeness (QED) is 0.906. The van der Waals surface area contributed by atoms with Crippen LogP contribution in [0, 0.1) is 0 Å². The molecule has 2 fully saturated rings. The van der Waals surface area contributed by atoms with Crippen molar-refractivity contribution in [2.75, 3.05) is 0 Å². The first-order valence-corrected chi connectivity index (χ1v) is 7.70. The molecule has 0 aliphatic heterocycles. The van der Waals surface area contributed by atoms with Gasteiger partial charge in [-0.3, -0.25) is 4.79 Å². The van der Waals surface area contributed by atoms with Crippen molar-refractivity contribution >= 4 is 17.6 Å². The Hall–Kier alpha value is -1.22. The number of rotatable bonds is 4. The maximum Gasteiger partial charge on any atom is 0.314 e. The van der Waals surface area contributed by atoms with Crippen LogP contribution in [0.15, 0.2) is 18.2 Å². The van der Waals surface area contributed by atoms with E-state index in [0.29, 0.717) is 23.6 Å². The van der Waals surface area contributed by atoms with Crippen LogP contribution in [0.3, 0.4) is 0 Å². The standard InChI is InChI=1S/C16H19ClO3/c17-13-10-11(16(15(18)19)8-1-2-9-16)6-7-14(13)20-12-4-3-5-12/h6-7,10,12H,1-5,8-9H2,(H,18,19). The molecule has 0 aromatic heterocycles. The minimum atomic E-state index is -0.751. The molecule has 1 N–H and O–H groups in total. The molecule has 3 rings (SSSR count). The van der Waals surface area contributed by atoms with Gasteiger partial charge < -0.3 is 9.84 Å². The summed E-state index contributed by atoms with van der Waals surface area (Å²) < 4.78 is 5.81. The molecule has 0 unspecified atom stereocenters. The Balaban J connectivity index is 1.86. The smallest absolute Gasteiger partial charge is 0.314 e. The number of carboxylic acid groups (broad SMARTS) is 1. The summed E-state index contributed by atoms with van der Waals surface area (Å²) in [6.45, 7) is 0. The van der Waals surface area contributed by atoms with E-state index >= 15 is 0 Å². The monoisotopic (exact) mass is 294 g/mol. The summed E-state index contributed by atoms with van der Waals surface area (Å²) in [5.74, 6) is -0.0580. The number of benzene rings is 1. The van der Waals surface area contributed by atoms with Crippen molar-refractivity contribution in [2.24, 2.45) is 0 Å². The van der Waals surface area contributed by atoms with Crippen molar-refractivity contribution in [3.05, 3.63) is 28.8 Å². The van der Waals surface area contributed by atoms with E-state index in [1.807, 2.05) is 12.1 Å². The molecule has 0 heterocycles. The number of hydrogen-bond donors (Lipinski definition) is 1. The van der Waals surface area contributed by atoms with Crippen molar-refractivity contribution in [1.29, 1.82) is 0 Å². The average Bonchev–Trinajstić information content (AvgIpc) is 2.85. The molecule has 20 heavy (non-hydrogen) atoms. The molecule has 2 saturated carbocycles. The summed E-state index contributed by atoms with van der Waals surface area (Å²) >= 11 is 6.28. The molecular formula is C16H19ClO3. The molecule has 1 aromatic carbocycles. The van der Waals surface area contributed by atoms with E-state index in [-0.39, 0.29) is 6.10 Å². The topological polar surface area (TPSA) is 46.5 Å². The van der Waals surface area contributed by atoms with E-state index in [4.69, 9.17) is 16.3 Å². The molecule has 3 nitrogen and oxygen atoms in total. The Labute approximate surface area is 123 Å². The first-order valence-electron chi connectivity index (χ1n) is 7.32. The lowest BCUT2D eigenvalue weighted by Crippen LogP contribution is -2.32. The molecule has 0 bridgehead atoms. The van der Waals surface area contributed by atoms with Crippen LogP contribution in [0.2, 0.25) is 5.02 Å². The maximum atomic E-state index is 11.7. The molecule has 2 aliphatic rings. The first kappa shape index (κ1) is 13.7. The van der Waals surface area contributed by atoms with Crippen LogP contribution in [0.25, 0.3) is 0 Å². The van der Waals surface area contributed by atoms with Gasteiger partial charge in [0.1, 0.15) is 5.75 Å². The van der Waals surface area contributed by atoms with Crippen LogP contribution >= 0.6 is 11.6 Å². The molecule has 0 amide bonds. The number of aliphatic carboxylic acids is 1. The predicted octanol–water partition coefficient (Wildman–Crippen LogP) is 4.17. The van der Waals surface area contributed by atoms with Crippen molar-refractivity contribution in [1.82, 2.24) is 0 Å². The normalized spacial score (nSPS) is 21.4. The molecule has 0 radical (unpaired) electrons. The number of ether oxygens (including phenoxy) is 1. The van der Waals surface area contributed by atoms with Gasteiger partial charge in [0.25, 0.3) is 0 Å². The zero-order chi connectivity index (χ0) is 14.2. The summed E-state index contributed by atoms with van der Waals surface area (Å²) in [6.07, 6.45) is 6.96. The van der Waals surface area contributed by atoms with Gasteiger partial charge in [-0.25, -0.2) is 0 Å². The molecule has 1 aromatic rings. The third kappa shape index (κ3) is 2.28. The van der Waals surface area contributed by atoms with Crippen LogP contribution < -0.4 is 4.74 Å². The highest BCUT2D eigenvalue weighted by atomic mass is 35.5. The number of carbonyl (C=O) groups is 1. The Kier molecular flexibility index (Phi) is 3.63. The average molecular weight is 295 g/mol. The second-order valence-corrected chi connectivity index (χ2v) is 6.32. The number of halogens is 1. The van der Waals surface area contributed by atoms with Gasteiger partial charge in [-0.05, 0) is 49.8 Å². The summed E-state index contributed by atoms with van der Waals surface area (Å²) in [4.78, 5) is 11.7. The van der Waals surface area contributed by atoms with E-state index in [1.54, 1.807) is 6.07 Å². The summed E-state index contributed by atoms with van der Waals surface area (Å²) in [7, 11) is 0. The zero-order valence-electron chi connectivity index (χ0n) is 11.4. The van der Waals surface area contributed by atoms with Gasteiger partial charge in [0.05, 0.1) is 16.5 Å². The van der Waals surface area contributed by atoms with Gasteiger partial charge in [0.2, 0.25) is 0 Å². The fourth-order valence-electron chi connectivity index (χ4n) is 3.17. The molecule has 0 saturated heterocycles. The minimum Gasteiger partial charge on any atom is -0.489 e. The lowest BCUT2D eigenvalue weighted by Gasteiger charge is -2.28. The van der Waals surface area contributed by atoms with Gasteiger partial charge in [-0.1, -0.05) is 30.5 Å². The van der Waals surface area contributed by atoms with Gasteiger partial charge in [-0.15, -0.1) is 0 Å². The van der Waals surface area contributed by atoms with Gasteiger partial charge in [-0.2, -0.15) is 0 Å². The van der Waals surface area contributed by atoms with Crippen LogP contribution in [-0.4, -0.2) is 17.2 Å².